The summed E-state index contributed by atoms with van der Waals surface area (Å²) in [5.41, 5.74) is 3.13. The van der Waals surface area contributed by atoms with Gasteiger partial charge in [-0.2, -0.15) is 23.4 Å². The Morgan fingerprint density at radius 3 is 2.76 bits per heavy atom. The second-order valence-electron chi connectivity index (χ2n) is 8.39. The number of nitrogens with zero attached hydrogens (tertiary/aromatic N) is 3. The number of nitrogens with one attached hydrogen (secondary N) is 3. The molecule has 0 bridgehead atoms. The highest BCUT2D eigenvalue weighted by atomic mass is 32.1. The van der Waals surface area contributed by atoms with Crippen LogP contribution in [0.15, 0.2) is 54.0 Å². The van der Waals surface area contributed by atoms with Crippen molar-refractivity contribution in [3.63, 3.8) is 0 Å². The van der Waals surface area contributed by atoms with Crippen LogP contribution in [0.2, 0.25) is 0 Å². The van der Waals surface area contributed by atoms with Gasteiger partial charge in [-0.15, -0.1) is 11.3 Å². The van der Waals surface area contributed by atoms with Gasteiger partial charge in [0.05, 0.1) is 17.4 Å². The number of aliphatic hydroxyl groups is 1. The fraction of sp³-hybridized carbons (Fsp3) is 0.200. The summed E-state index contributed by atoms with van der Waals surface area (Å²) in [6.07, 6.45) is -0.467. The van der Waals surface area contributed by atoms with Crippen LogP contribution in [0.3, 0.4) is 0 Å². The van der Waals surface area contributed by atoms with Crippen molar-refractivity contribution in [3.05, 3.63) is 71.0 Å². The maximum atomic E-state index is 13.1. The number of carbonyl (C=O) groups is 1. The van der Waals surface area contributed by atoms with Crippen LogP contribution >= 0.6 is 11.3 Å². The first-order valence-corrected chi connectivity index (χ1v) is 12.3. The fourth-order valence-corrected chi connectivity index (χ4v) is 4.69. The van der Waals surface area contributed by atoms with E-state index in [2.05, 4.69) is 25.6 Å². The lowest BCUT2D eigenvalue weighted by molar-refractivity contribution is -0.141. The molecule has 0 aliphatic carbocycles. The monoisotopic (exact) mass is 526 g/mol. The Hall–Kier alpha value is -4.03. The number of rotatable bonds is 8. The number of anilines is 1. The van der Waals surface area contributed by atoms with Gasteiger partial charge in [-0.1, -0.05) is 24.3 Å². The van der Waals surface area contributed by atoms with Crippen LogP contribution in [0.25, 0.3) is 32.7 Å². The number of H-pyrrole nitrogens is 2. The maximum Gasteiger partial charge on any atom is 0.432 e. The zero-order valence-corrected chi connectivity index (χ0v) is 20.1. The molecular formula is C25H21F3N6O2S. The summed E-state index contributed by atoms with van der Waals surface area (Å²) in [5, 5.41) is 27.1. The second-order valence-corrected chi connectivity index (χ2v) is 9.25. The first-order chi connectivity index (χ1) is 17.8. The molecule has 4 N–H and O–H groups in total. The molecule has 0 saturated carbocycles. The first-order valence-electron chi connectivity index (χ1n) is 11.4. The van der Waals surface area contributed by atoms with Crippen LogP contribution in [0.1, 0.15) is 34.6 Å². The molecule has 8 nitrogen and oxygen atoms in total. The number of alkyl halides is 3. The third-order valence-electron chi connectivity index (χ3n) is 5.78. The normalized spacial score (nSPS) is 11.8. The van der Waals surface area contributed by atoms with E-state index in [-0.39, 0.29) is 23.0 Å². The quantitative estimate of drug-likeness (QED) is 0.195. The molecule has 5 rings (SSSR count). The zero-order chi connectivity index (χ0) is 26.0. The average Bonchev–Trinajstić information content (AvgIpc) is 3.64. The summed E-state index contributed by atoms with van der Waals surface area (Å²) >= 11 is 1.03. The molecule has 37 heavy (non-hydrogen) atoms. The summed E-state index contributed by atoms with van der Waals surface area (Å²) in [6, 6.07) is 12.5. The highest BCUT2D eigenvalue weighted by Crippen LogP contribution is 2.34. The molecule has 3 heterocycles. The van der Waals surface area contributed by atoms with Crippen molar-refractivity contribution in [2.45, 2.75) is 25.4 Å². The van der Waals surface area contributed by atoms with Crippen molar-refractivity contribution < 1.29 is 23.1 Å². The number of carbonyl (C=O) groups excluding carboxylic acids is 1. The third-order valence-corrected chi connectivity index (χ3v) is 6.64. The van der Waals surface area contributed by atoms with E-state index in [9.17, 15) is 18.0 Å². The molecule has 190 valence electrons. The fourth-order valence-electron chi connectivity index (χ4n) is 3.93. The molecule has 5 aromatic rings. The number of thiazole rings is 1. The molecule has 0 aliphatic heterocycles. The van der Waals surface area contributed by atoms with E-state index >= 15 is 0 Å². The summed E-state index contributed by atoms with van der Waals surface area (Å²) in [7, 11) is 0. The average molecular weight is 527 g/mol. The number of aryl methyl sites for hydroxylation is 1. The molecule has 2 aromatic carbocycles. The molecule has 0 atom stereocenters. The van der Waals surface area contributed by atoms with E-state index in [0.29, 0.717) is 5.69 Å². The molecule has 0 radical (unpaired) electrons. The molecule has 0 unspecified atom stereocenters. The first kappa shape index (κ1) is 24.7. The number of unbranched alkanes of at least 4 members (excludes halogenated alkanes) is 1. The Bertz CT molecular complexity index is 1560. The lowest BCUT2D eigenvalue weighted by Gasteiger charge is -2.13. The highest BCUT2D eigenvalue weighted by Gasteiger charge is 2.33. The standard InChI is InChI=1S/C25H21F3N6O2S/c26-25(27,28)22-11-20(33-34-22)24-31-21(13-37-24)23(36)30-19-10-18-16(12-29-32-18)9-17(19)15-6-3-5-14(8-15)4-1-2-7-35/h3,5-6,8-13,35H,1-2,4,7H2,(H,29,32)(H,30,36)(H,33,34). The van der Waals surface area contributed by atoms with Crippen molar-refractivity contribution in [1.82, 2.24) is 25.4 Å². The molecule has 0 saturated heterocycles. The number of aliphatic hydroxyl groups excluding tert-OH is 1. The molecule has 0 spiro atoms. The summed E-state index contributed by atoms with van der Waals surface area (Å²) in [5.74, 6) is -0.506. The molecule has 3 aromatic heterocycles. The number of halogens is 3. The maximum absolute atomic E-state index is 13.1. The number of hydrogen-bond acceptors (Lipinski definition) is 6. The Morgan fingerprint density at radius 1 is 1.11 bits per heavy atom. The van der Waals surface area contributed by atoms with Gasteiger partial charge in [0, 0.05) is 22.9 Å². The van der Waals surface area contributed by atoms with Crippen molar-refractivity contribution in [2.24, 2.45) is 0 Å². The minimum Gasteiger partial charge on any atom is -0.396 e. The Labute approximate surface area is 212 Å². The van der Waals surface area contributed by atoms with Crippen LogP contribution in [-0.4, -0.2) is 43.0 Å². The zero-order valence-electron chi connectivity index (χ0n) is 19.3. The van der Waals surface area contributed by atoms with E-state index in [1.54, 1.807) is 12.3 Å². The van der Waals surface area contributed by atoms with E-state index in [1.165, 1.54) is 5.38 Å². The van der Waals surface area contributed by atoms with Crippen LogP contribution < -0.4 is 5.32 Å². The summed E-state index contributed by atoms with van der Waals surface area (Å²) in [4.78, 5) is 17.3. The summed E-state index contributed by atoms with van der Waals surface area (Å²) in [6.45, 7) is 0.148. The van der Waals surface area contributed by atoms with Gasteiger partial charge in [-0.05, 0) is 48.6 Å². The van der Waals surface area contributed by atoms with Gasteiger partial charge in [0.25, 0.3) is 5.91 Å². The number of amides is 1. The van der Waals surface area contributed by atoms with Gasteiger partial charge in [0.15, 0.2) is 0 Å². The van der Waals surface area contributed by atoms with Crippen LogP contribution in [0.5, 0.6) is 0 Å². The van der Waals surface area contributed by atoms with Crippen molar-refractivity contribution in [2.75, 3.05) is 11.9 Å². The SMILES string of the molecule is O=C(Nc1cc2[nH]ncc2cc1-c1cccc(CCCCO)c1)c1csc(-c2cc(C(F)(F)F)[nH]n2)n1. The van der Waals surface area contributed by atoms with Crippen LogP contribution in [0.4, 0.5) is 18.9 Å². The van der Waals surface area contributed by atoms with E-state index < -0.39 is 17.8 Å². The van der Waals surface area contributed by atoms with E-state index in [0.717, 1.165) is 64.3 Å². The minimum absolute atomic E-state index is 0.00829. The van der Waals surface area contributed by atoms with E-state index in [1.807, 2.05) is 35.4 Å². The van der Waals surface area contributed by atoms with Crippen LogP contribution in [0, 0.1) is 0 Å². The smallest absolute Gasteiger partial charge is 0.396 e. The Kier molecular flexibility index (Phi) is 6.76. The lowest BCUT2D eigenvalue weighted by Crippen LogP contribution is -2.13. The Morgan fingerprint density at radius 2 is 1.97 bits per heavy atom. The van der Waals surface area contributed by atoms with Gasteiger partial charge in [0.2, 0.25) is 0 Å². The molecular weight excluding hydrogens is 505 g/mol. The predicted molar refractivity (Wildman–Crippen MR) is 134 cm³/mol. The lowest BCUT2D eigenvalue weighted by atomic mass is 9.98. The predicted octanol–water partition coefficient (Wildman–Crippen LogP) is 5.66. The third kappa shape index (κ3) is 5.39. The molecule has 0 fully saturated rings. The second kappa shape index (κ2) is 10.1. The number of aromatic nitrogens is 5. The van der Waals surface area contributed by atoms with Gasteiger partial charge >= 0.3 is 6.18 Å². The minimum atomic E-state index is -4.55. The van der Waals surface area contributed by atoms with Gasteiger partial charge in [-0.25, -0.2) is 4.98 Å². The summed E-state index contributed by atoms with van der Waals surface area (Å²) < 4.78 is 38.7. The van der Waals surface area contributed by atoms with Crippen molar-refractivity contribution >= 4 is 33.8 Å². The molecule has 0 aliphatic rings. The number of benzene rings is 2. The molecule has 1 amide bonds. The number of fused-ring (bicyclic) bond motifs is 1. The number of hydrogen-bond donors (Lipinski definition) is 4. The topological polar surface area (TPSA) is 120 Å². The highest BCUT2D eigenvalue weighted by molar-refractivity contribution is 7.13. The van der Waals surface area contributed by atoms with Crippen molar-refractivity contribution in [3.8, 4) is 21.8 Å². The number of aromatic amines is 2. The van der Waals surface area contributed by atoms with E-state index in [4.69, 9.17) is 5.11 Å². The van der Waals surface area contributed by atoms with Gasteiger partial charge in [0.1, 0.15) is 22.1 Å². The van der Waals surface area contributed by atoms with Crippen LogP contribution in [-0.2, 0) is 12.6 Å². The largest absolute Gasteiger partial charge is 0.432 e. The Balaban J connectivity index is 1.43. The van der Waals surface area contributed by atoms with Gasteiger partial charge in [-0.3, -0.25) is 15.0 Å². The van der Waals surface area contributed by atoms with Crippen molar-refractivity contribution in [1.29, 1.82) is 0 Å². The van der Waals surface area contributed by atoms with Gasteiger partial charge < -0.3 is 10.4 Å². The molecule has 12 heteroatoms.